The van der Waals surface area contributed by atoms with Crippen LogP contribution in [0.2, 0.25) is 0 Å². The molecule has 108 valence electrons. The van der Waals surface area contributed by atoms with E-state index in [0.717, 1.165) is 18.2 Å². The minimum atomic E-state index is -4.36. The van der Waals surface area contributed by atoms with Crippen LogP contribution in [0.5, 0.6) is 0 Å². The van der Waals surface area contributed by atoms with E-state index in [1.54, 1.807) is 16.9 Å². The molecule has 0 radical (unpaired) electrons. The third-order valence-corrected chi connectivity index (χ3v) is 3.08. The average molecular weight is 283 g/mol. The number of benzene rings is 1. The maximum atomic E-state index is 12.9. The van der Waals surface area contributed by atoms with Gasteiger partial charge in [0.25, 0.3) is 0 Å². The number of para-hydroxylation sites is 1. The third kappa shape index (κ3) is 3.12. The van der Waals surface area contributed by atoms with Crippen molar-refractivity contribution in [3.63, 3.8) is 0 Å². The maximum absolute atomic E-state index is 12.9. The third-order valence-electron chi connectivity index (χ3n) is 3.08. The molecule has 6 heteroatoms. The van der Waals surface area contributed by atoms with Crippen molar-refractivity contribution in [3.05, 3.63) is 47.8 Å². The highest BCUT2D eigenvalue weighted by molar-refractivity contribution is 5.53. The molecule has 1 unspecified atom stereocenters. The lowest BCUT2D eigenvalue weighted by atomic mass is 10.1. The molecule has 0 aliphatic heterocycles. The molecule has 3 nitrogen and oxygen atoms in total. The number of rotatable bonds is 4. The Kier molecular flexibility index (Phi) is 4.01. The zero-order chi connectivity index (χ0) is 14.8. The van der Waals surface area contributed by atoms with E-state index >= 15 is 0 Å². The van der Waals surface area contributed by atoms with E-state index in [2.05, 4.69) is 10.4 Å². The van der Waals surface area contributed by atoms with Crippen molar-refractivity contribution in [1.82, 2.24) is 9.78 Å². The molecule has 0 aliphatic carbocycles. The first kappa shape index (κ1) is 14.4. The van der Waals surface area contributed by atoms with Crippen LogP contribution < -0.4 is 5.32 Å². The van der Waals surface area contributed by atoms with Crippen molar-refractivity contribution in [2.45, 2.75) is 32.6 Å². The monoisotopic (exact) mass is 283 g/mol. The van der Waals surface area contributed by atoms with Crippen LogP contribution >= 0.6 is 0 Å². The quantitative estimate of drug-likeness (QED) is 0.915. The van der Waals surface area contributed by atoms with E-state index < -0.39 is 11.7 Å². The van der Waals surface area contributed by atoms with Crippen molar-refractivity contribution in [2.24, 2.45) is 0 Å². The summed E-state index contributed by atoms with van der Waals surface area (Å²) in [6.07, 6.45) is -0.873. The minimum Gasteiger partial charge on any atom is -0.378 e. The Balaban J connectivity index is 2.21. The van der Waals surface area contributed by atoms with E-state index in [1.807, 2.05) is 20.0 Å². The zero-order valence-corrected chi connectivity index (χ0v) is 11.3. The van der Waals surface area contributed by atoms with Crippen LogP contribution in [0.15, 0.2) is 36.7 Å². The molecule has 0 spiro atoms. The first-order chi connectivity index (χ1) is 9.41. The van der Waals surface area contributed by atoms with Gasteiger partial charge in [-0.05, 0) is 26.0 Å². The van der Waals surface area contributed by atoms with Crippen LogP contribution in [0.3, 0.4) is 0 Å². The fraction of sp³-hybridized carbons (Fsp3) is 0.357. The first-order valence-corrected chi connectivity index (χ1v) is 6.37. The van der Waals surface area contributed by atoms with Gasteiger partial charge in [0, 0.05) is 24.0 Å². The van der Waals surface area contributed by atoms with Gasteiger partial charge in [0.2, 0.25) is 0 Å². The van der Waals surface area contributed by atoms with E-state index in [1.165, 1.54) is 12.1 Å². The molecule has 0 saturated heterocycles. The van der Waals surface area contributed by atoms with Gasteiger partial charge in [-0.3, -0.25) is 4.68 Å². The number of aromatic nitrogens is 2. The number of nitrogens with zero attached hydrogens (tertiary/aromatic N) is 2. The van der Waals surface area contributed by atoms with Gasteiger partial charge < -0.3 is 5.32 Å². The summed E-state index contributed by atoms with van der Waals surface area (Å²) in [7, 11) is 0. The molecule has 20 heavy (non-hydrogen) atoms. The zero-order valence-electron chi connectivity index (χ0n) is 11.3. The van der Waals surface area contributed by atoms with Gasteiger partial charge in [0.1, 0.15) is 0 Å². The second kappa shape index (κ2) is 5.56. The fourth-order valence-corrected chi connectivity index (χ4v) is 1.95. The van der Waals surface area contributed by atoms with Gasteiger partial charge >= 0.3 is 6.18 Å². The molecule has 1 aromatic heterocycles. The molecular formula is C14H16F3N3. The first-order valence-electron chi connectivity index (χ1n) is 6.37. The maximum Gasteiger partial charge on any atom is 0.418 e. The molecule has 0 fully saturated rings. The van der Waals surface area contributed by atoms with E-state index in [9.17, 15) is 13.2 Å². The topological polar surface area (TPSA) is 29.9 Å². The number of anilines is 1. The molecule has 1 atom stereocenters. The van der Waals surface area contributed by atoms with Crippen LogP contribution in [0, 0.1) is 0 Å². The van der Waals surface area contributed by atoms with Gasteiger partial charge in [-0.2, -0.15) is 18.3 Å². The predicted molar refractivity (Wildman–Crippen MR) is 71.4 cm³/mol. The van der Waals surface area contributed by atoms with Crippen LogP contribution in [-0.2, 0) is 12.7 Å². The lowest BCUT2D eigenvalue weighted by molar-refractivity contribution is -0.137. The summed E-state index contributed by atoms with van der Waals surface area (Å²) in [6, 6.07) is 5.22. The Hall–Kier alpha value is -1.98. The Labute approximate surface area is 115 Å². The van der Waals surface area contributed by atoms with Crippen molar-refractivity contribution in [3.8, 4) is 0 Å². The summed E-state index contributed by atoms with van der Waals surface area (Å²) < 4.78 is 40.4. The molecule has 0 saturated carbocycles. The molecule has 0 amide bonds. The highest BCUT2D eigenvalue weighted by Gasteiger charge is 2.33. The SMILES string of the molecule is CCn1cc(C(C)Nc2ccccc2C(F)(F)F)cn1. The van der Waals surface area contributed by atoms with Crippen LogP contribution in [-0.4, -0.2) is 9.78 Å². The molecular weight excluding hydrogens is 267 g/mol. The van der Waals surface area contributed by atoms with Gasteiger partial charge in [-0.15, -0.1) is 0 Å². The van der Waals surface area contributed by atoms with Crippen LogP contribution in [0.1, 0.15) is 31.0 Å². The Morgan fingerprint density at radius 3 is 2.60 bits per heavy atom. The summed E-state index contributed by atoms with van der Waals surface area (Å²) in [5.41, 5.74) is 0.273. The number of nitrogens with one attached hydrogen (secondary N) is 1. The lowest BCUT2D eigenvalue weighted by Gasteiger charge is -2.18. The normalized spacial score (nSPS) is 13.2. The smallest absolute Gasteiger partial charge is 0.378 e. The second-order valence-corrected chi connectivity index (χ2v) is 4.54. The second-order valence-electron chi connectivity index (χ2n) is 4.54. The Bertz CT molecular complexity index is 575. The summed E-state index contributed by atoms with van der Waals surface area (Å²) in [6.45, 7) is 4.49. The Morgan fingerprint density at radius 2 is 2.00 bits per heavy atom. The average Bonchev–Trinajstić information content (AvgIpc) is 2.87. The molecule has 0 bridgehead atoms. The standard InChI is InChI=1S/C14H16F3N3/c1-3-20-9-11(8-18-20)10(2)19-13-7-5-4-6-12(13)14(15,16)17/h4-10,19H,3H2,1-2H3. The van der Waals surface area contributed by atoms with E-state index in [0.29, 0.717) is 0 Å². The molecule has 0 aliphatic rings. The highest BCUT2D eigenvalue weighted by Crippen LogP contribution is 2.35. The number of hydrogen-bond donors (Lipinski definition) is 1. The summed E-state index contributed by atoms with van der Waals surface area (Å²) in [5, 5.41) is 7.02. The molecule has 2 rings (SSSR count). The summed E-state index contributed by atoms with van der Waals surface area (Å²) in [4.78, 5) is 0. The fourth-order valence-electron chi connectivity index (χ4n) is 1.95. The van der Waals surface area contributed by atoms with Crippen molar-refractivity contribution >= 4 is 5.69 Å². The van der Waals surface area contributed by atoms with E-state index in [4.69, 9.17) is 0 Å². The lowest BCUT2D eigenvalue weighted by Crippen LogP contribution is -2.13. The number of hydrogen-bond acceptors (Lipinski definition) is 2. The van der Waals surface area contributed by atoms with Crippen molar-refractivity contribution in [1.29, 1.82) is 0 Å². The molecule has 2 aromatic rings. The molecule has 1 heterocycles. The molecule has 1 aromatic carbocycles. The van der Waals surface area contributed by atoms with Crippen molar-refractivity contribution in [2.75, 3.05) is 5.32 Å². The van der Waals surface area contributed by atoms with Gasteiger partial charge in [-0.25, -0.2) is 0 Å². The van der Waals surface area contributed by atoms with Gasteiger partial charge in [-0.1, -0.05) is 12.1 Å². The van der Waals surface area contributed by atoms with Crippen LogP contribution in [0.25, 0.3) is 0 Å². The highest BCUT2D eigenvalue weighted by atomic mass is 19.4. The largest absolute Gasteiger partial charge is 0.418 e. The number of halogens is 3. The van der Waals surface area contributed by atoms with Gasteiger partial charge in [0.05, 0.1) is 17.8 Å². The van der Waals surface area contributed by atoms with Crippen LogP contribution in [0.4, 0.5) is 18.9 Å². The minimum absolute atomic E-state index is 0.0803. The Morgan fingerprint density at radius 1 is 1.30 bits per heavy atom. The summed E-state index contributed by atoms with van der Waals surface area (Å²) in [5.74, 6) is 0. The predicted octanol–water partition coefficient (Wildman–Crippen LogP) is 4.09. The van der Waals surface area contributed by atoms with Crippen molar-refractivity contribution < 1.29 is 13.2 Å². The van der Waals surface area contributed by atoms with E-state index in [-0.39, 0.29) is 11.7 Å². The number of alkyl halides is 3. The van der Waals surface area contributed by atoms with Gasteiger partial charge in [0.15, 0.2) is 0 Å². The molecule has 1 N–H and O–H groups in total. The number of aryl methyl sites for hydroxylation is 1. The summed E-state index contributed by atoms with van der Waals surface area (Å²) >= 11 is 0.